The monoisotopic (exact) mass is 382 g/mol. The van der Waals surface area contributed by atoms with Gasteiger partial charge < -0.3 is 19.8 Å². The number of amides is 2. The third-order valence-electron chi connectivity index (χ3n) is 3.23. The molecule has 26 heavy (non-hydrogen) atoms. The molecular weight excluding hydrogens is 367 g/mol. The number of furan rings is 1. The lowest BCUT2D eigenvalue weighted by Crippen LogP contribution is -2.32. The summed E-state index contributed by atoms with van der Waals surface area (Å²) in [6.45, 7) is 1.41. The summed E-state index contributed by atoms with van der Waals surface area (Å²) in [5.41, 5.74) is 0.201. The van der Waals surface area contributed by atoms with Crippen LogP contribution in [-0.4, -0.2) is 30.4 Å². The number of ether oxygens (including phenoxy) is 1. The normalized spacial score (nSPS) is 11.5. The van der Waals surface area contributed by atoms with Crippen LogP contribution in [-0.2, 0) is 14.3 Å². The molecule has 0 fully saturated rings. The van der Waals surface area contributed by atoms with Gasteiger partial charge in [0.25, 0.3) is 11.8 Å². The molecule has 0 aliphatic heterocycles. The summed E-state index contributed by atoms with van der Waals surface area (Å²) in [6.07, 6.45) is 0.141. The van der Waals surface area contributed by atoms with Crippen LogP contribution < -0.4 is 10.6 Å². The van der Waals surface area contributed by atoms with E-state index in [1.54, 1.807) is 6.07 Å². The molecule has 1 aromatic carbocycles. The Labute approximate surface area is 153 Å². The van der Waals surface area contributed by atoms with Crippen LogP contribution in [0.25, 0.3) is 0 Å². The lowest BCUT2D eigenvalue weighted by molar-refractivity contribution is -0.153. The van der Waals surface area contributed by atoms with E-state index in [1.807, 2.05) is 0 Å². The zero-order chi connectivity index (χ0) is 19.1. The average Bonchev–Trinajstić information content (AvgIpc) is 3.11. The quantitative estimate of drug-likeness (QED) is 0.717. The third-order valence-corrected chi connectivity index (χ3v) is 3.54. The Bertz CT molecular complexity index is 794. The predicted octanol–water partition coefficient (Wildman–Crippen LogP) is 2.76. The molecule has 0 radical (unpaired) electrons. The van der Waals surface area contributed by atoms with Crippen molar-refractivity contribution in [3.63, 3.8) is 0 Å². The molecule has 1 heterocycles. The van der Waals surface area contributed by atoms with Crippen LogP contribution in [0.15, 0.2) is 41.0 Å². The van der Waals surface area contributed by atoms with Gasteiger partial charge in [-0.15, -0.1) is 0 Å². The van der Waals surface area contributed by atoms with E-state index in [1.165, 1.54) is 25.3 Å². The SMILES string of the molecule is C[C@@H](OC(=O)CCNC(=O)c1ccco1)C(=O)Nc1ccc(F)cc1Cl. The van der Waals surface area contributed by atoms with Crippen molar-refractivity contribution in [3.05, 3.63) is 53.2 Å². The van der Waals surface area contributed by atoms with Gasteiger partial charge in [0.05, 0.1) is 23.4 Å². The fourth-order valence-corrected chi connectivity index (χ4v) is 2.12. The maximum absolute atomic E-state index is 13.0. The van der Waals surface area contributed by atoms with Crippen LogP contribution in [0.5, 0.6) is 0 Å². The van der Waals surface area contributed by atoms with Gasteiger partial charge in [-0.3, -0.25) is 14.4 Å². The Morgan fingerprint density at radius 3 is 2.73 bits per heavy atom. The zero-order valence-corrected chi connectivity index (χ0v) is 14.5. The highest BCUT2D eigenvalue weighted by atomic mass is 35.5. The van der Waals surface area contributed by atoms with Crippen molar-refractivity contribution >= 4 is 35.1 Å². The van der Waals surface area contributed by atoms with E-state index in [0.717, 1.165) is 12.1 Å². The molecule has 0 aliphatic carbocycles. The molecule has 0 aliphatic rings. The smallest absolute Gasteiger partial charge is 0.308 e. The first kappa shape index (κ1) is 19.5. The Morgan fingerprint density at radius 1 is 1.31 bits per heavy atom. The van der Waals surface area contributed by atoms with E-state index < -0.39 is 29.7 Å². The number of nitrogens with one attached hydrogen (secondary N) is 2. The Balaban J connectivity index is 1.75. The summed E-state index contributed by atoms with van der Waals surface area (Å²) in [6, 6.07) is 6.54. The van der Waals surface area contributed by atoms with E-state index in [2.05, 4.69) is 10.6 Å². The summed E-state index contributed by atoms with van der Waals surface area (Å²) in [5.74, 6) is -2.16. The second-order valence-electron chi connectivity index (χ2n) is 5.23. The summed E-state index contributed by atoms with van der Waals surface area (Å²) < 4.78 is 22.9. The number of carbonyl (C=O) groups is 3. The van der Waals surface area contributed by atoms with Crippen LogP contribution in [0.2, 0.25) is 5.02 Å². The summed E-state index contributed by atoms with van der Waals surface area (Å²) in [5, 5.41) is 4.95. The van der Waals surface area contributed by atoms with Crippen molar-refractivity contribution in [1.82, 2.24) is 5.32 Å². The maximum atomic E-state index is 13.0. The van der Waals surface area contributed by atoms with Gasteiger partial charge >= 0.3 is 5.97 Å². The molecule has 1 aromatic heterocycles. The van der Waals surface area contributed by atoms with Crippen LogP contribution >= 0.6 is 11.6 Å². The molecule has 7 nitrogen and oxygen atoms in total. The highest BCUT2D eigenvalue weighted by molar-refractivity contribution is 6.33. The van der Waals surface area contributed by atoms with Crippen molar-refractivity contribution in [2.24, 2.45) is 0 Å². The summed E-state index contributed by atoms with van der Waals surface area (Å²) >= 11 is 5.81. The molecule has 2 amide bonds. The van der Waals surface area contributed by atoms with Gasteiger partial charge in [0, 0.05) is 6.54 Å². The molecule has 138 valence electrons. The Kier molecular flexibility index (Phi) is 6.74. The van der Waals surface area contributed by atoms with Crippen molar-refractivity contribution in [2.75, 3.05) is 11.9 Å². The predicted molar refractivity (Wildman–Crippen MR) is 91.3 cm³/mol. The van der Waals surface area contributed by atoms with Gasteiger partial charge in [-0.1, -0.05) is 11.6 Å². The van der Waals surface area contributed by atoms with Gasteiger partial charge in [-0.25, -0.2) is 4.39 Å². The fraction of sp³-hybridized carbons (Fsp3) is 0.235. The topological polar surface area (TPSA) is 97.6 Å². The molecule has 0 saturated heterocycles. The molecular formula is C17H16ClFN2O5. The number of hydrogen-bond donors (Lipinski definition) is 2. The van der Waals surface area contributed by atoms with Crippen molar-refractivity contribution < 1.29 is 27.9 Å². The van der Waals surface area contributed by atoms with Crippen molar-refractivity contribution in [3.8, 4) is 0 Å². The van der Waals surface area contributed by atoms with Crippen molar-refractivity contribution in [2.45, 2.75) is 19.4 Å². The van der Waals surface area contributed by atoms with E-state index in [4.69, 9.17) is 20.8 Å². The molecule has 2 rings (SSSR count). The van der Waals surface area contributed by atoms with Gasteiger partial charge in [-0.2, -0.15) is 0 Å². The van der Waals surface area contributed by atoms with E-state index in [0.29, 0.717) is 0 Å². The number of esters is 1. The Morgan fingerprint density at radius 2 is 2.08 bits per heavy atom. The van der Waals surface area contributed by atoms with Crippen molar-refractivity contribution in [1.29, 1.82) is 0 Å². The van der Waals surface area contributed by atoms with E-state index in [9.17, 15) is 18.8 Å². The van der Waals surface area contributed by atoms with Gasteiger partial charge in [0.2, 0.25) is 0 Å². The molecule has 0 unspecified atom stereocenters. The molecule has 0 bridgehead atoms. The minimum atomic E-state index is -1.09. The lowest BCUT2D eigenvalue weighted by atomic mass is 10.3. The van der Waals surface area contributed by atoms with E-state index >= 15 is 0 Å². The lowest BCUT2D eigenvalue weighted by Gasteiger charge is -2.14. The average molecular weight is 383 g/mol. The number of halogens is 2. The minimum absolute atomic E-state index is 0.0243. The van der Waals surface area contributed by atoms with Gasteiger partial charge in [0.1, 0.15) is 5.82 Å². The first-order valence-corrected chi connectivity index (χ1v) is 8.01. The second-order valence-corrected chi connectivity index (χ2v) is 5.64. The van der Waals surface area contributed by atoms with Crippen LogP contribution in [0.3, 0.4) is 0 Å². The Hall–Kier alpha value is -2.87. The molecule has 1 atom stereocenters. The third kappa shape index (κ3) is 5.59. The number of anilines is 1. The maximum Gasteiger partial charge on any atom is 0.308 e. The van der Waals surface area contributed by atoms with Crippen LogP contribution in [0, 0.1) is 5.82 Å². The minimum Gasteiger partial charge on any atom is -0.459 e. The fourth-order valence-electron chi connectivity index (χ4n) is 1.91. The second kappa shape index (κ2) is 9.00. The van der Waals surface area contributed by atoms with Gasteiger partial charge in [-0.05, 0) is 37.3 Å². The first-order valence-electron chi connectivity index (χ1n) is 7.64. The summed E-state index contributed by atoms with van der Waals surface area (Å²) in [7, 11) is 0. The number of benzene rings is 1. The molecule has 2 N–H and O–H groups in total. The number of carbonyl (C=O) groups excluding carboxylic acids is 3. The number of rotatable bonds is 7. The van der Waals surface area contributed by atoms with Crippen LogP contribution in [0.1, 0.15) is 23.9 Å². The highest BCUT2D eigenvalue weighted by Crippen LogP contribution is 2.22. The first-order chi connectivity index (χ1) is 12.4. The number of hydrogen-bond acceptors (Lipinski definition) is 5. The standard InChI is InChI=1S/C17H16ClFN2O5/c1-10(16(23)21-13-5-4-11(19)9-12(13)18)26-15(22)6-7-20-17(24)14-3-2-8-25-14/h2-5,8-10H,6-7H2,1H3,(H,20,24)(H,21,23)/t10-/m1/s1. The molecule has 2 aromatic rings. The van der Waals surface area contributed by atoms with Crippen LogP contribution in [0.4, 0.5) is 10.1 Å². The zero-order valence-electron chi connectivity index (χ0n) is 13.8. The summed E-state index contributed by atoms with van der Waals surface area (Å²) in [4.78, 5) is 35.4. The largest absolute Gasteiger partial charge is 0.459 e. The molecule has 0 saturated carbocycles. The molecule has 0 spiro atoms. The highest BCUT2D eigenvalue weighted by Gasteiger charge is 2.19. The van der Waals surface area contributed by atoms with Gasteiger partial charge in [0.15, 0.2) is 11.9 Å². The molecule has 9 heteroatoms. The van der Waals surface area contributed by atoms with E-state index in [-0.39, 0.29) is 29.4 Å².